The van der Waals surface area contributed by atoms with E-state index in [1.165, 1.54) is 18.3 Å². The standard InChI is InChI=1S/C20H14N10O3/c21-8-12-15(23)14-16(27-20(26-9-22)29-18(14)28-17(12)24)10-3-5-11(6-4-10)33-19-13(30(31)32)2-1-7-25-19/h1-7,16H,(H6,23,24,26,27,28,29). The van der Waals surface area contributed by atoms with Gasteiger partial charge in [0.15, 0.2) is 6.19 Å². The molecule has 4 rings (SSSR count). The zero-order valence-corrected chi connectivity index (χ0v) is 16.7. The van der Waals surface area contributed by atoms with Gasteiger partial charge >= 0.3 is 5.69 Å². The van der Waals surface area contributed by atoms with Gasteiger partial charge in [0.05, 0.1) is 10.6 Å². The summed E-state index contributed by atoms with van der Waals surface area (Å²) in [5.41, 5.74) is 12.9. The first kappa shape index (κ1) is 20.8. The van der Waals surface area contributed by atoms with Crippen molar-refractivity contribution in [2.45, 2.75) is 6.04 Å². The van der Waals surface area contributed by atoms with Crippen molar-refractivity contribution in [1.82, 2.24) is 15.3 Å². The maximum absolute atomic E-state index is 11.2. The summed E-state index contributed by atoms with van der Waals surface area (Å²) in [5, 5.41) is 34.8. The Labute approximate surface area is 186 Å². The lowest BCUT2D eigenvalue weighted by atomic mass is 9.95. The number of nitrogen functional groups attached to an aromatic ring is 2. The van der Waals surface area contributed by atoms with Crippen molar-refractivity contribution in [2.75, 3.05) is 16.8 Å². The first-order valence-corrected chi connectivity index (χ1v) is 9.29. The van der Waals surface area contributed by atoms with E-state index < -0.39 is 11.0 Å². The van der Waals surface area contributed by atoms with Crippen LogP contribution >= 0.6 is 0 Å². The van der Waals surface area contributed by atoms with Crippen LogP contribution < -0.4 is 26.8 Å². The van der Waals surface area contributed by atoms with Crippen LogP contribution in [-0.4, -0.2) is 20.9 Å². The summed E-state index contributed by atoms with van der Waals surface area (Å²) in [7, 11) is 0. The first-order valence-electron chi connectivity index (χ1n) is 9.29. The molecular formula is C20H14N10O3. The molecule has 162 valence electrons. The van der Waals surface area contributed by atoms with Gasteiger partial charge in [-0.2, -0.15) is 10.5 Å². The number of fused-ring (bicyclic) bond motifs is 1. The van der Waals surface area contributed by atoms with Crippen molar-refractivity contribution in [3.8, 4) is 23.9 Å². The van der Waals surface area contributed by atoms with Crippen molar-refractivity contribution < 1.29 is 9.66 Å². The Kier molecular flexibility index (Phi) is 5.28. The van der Waals surface area contributed by atoms with Crippen LogP contribution in [0.2, 0.25) is 0 Å². The third-order valence-electron chi connectivity index (χ3n) is 4.72. The Morgan fingerprint density at radius 3 is 2.64 bits per heavy atom. The summed E-state index contributed by atoms with van der Waals surface area (Å²) < 4.78 is 5.57. The number of nitrogens with zero attached hydrogens (tertiary/aromatic N) is 6. The Morgan fingerprint density at radius 1 is 1.21 bits per heavy atom. The van der Waals surface area contributed by atoms with Gasteiger partial charge in [0, 0.05) is 17.8 Å². The average molecular weight is 442 g/mol. The zero-order chi connectivity index (χ0) is 23.5. The van der Waals surface area contributed by atoms with Crippen LogP contribution in [0, 0.1) is 32.9 Å². The first-order chi connectivity index (χ1) is 15.9. The highest BCUT2D eigenvalue weighted by molar-refractivity contribution is 5.98. The van der Waals surface area contributed by atoms with E-state index in [1.807, 2.05) is 6.07 Å². The van der Waals surface area contributed by atoms with Crippen LogP contribution in [0.4, 0.5) is 23.0 Å². The van der Waals surface area contributed by atoms with Gasteiger partial charge < -0.3 is 21.5 Å². The summed E-state index contributed by atoms with van der Waals surface area (Å²) in [6, 6.07) is 10.4. The highest BCUT2D eigenvalue weighted by atomic mass is 16.6. The van der Waals surface area contributed by atoms with Crippen LogP contribution in [0.3, 0.4) is 0 Å². The van der Waals surface area contributed by atoms with Crippen molar-refractivity contribution in [3.05, 3.63) is 69.4 Å². The molecule has 33 heavy (non-hydrogen) atoms. The molecule has 0 amide bonds. The molecule has 13 heteroatoms. The van der Waals surface area contributed by atoms with E-state index in [1.54, 1.807) is 30.5 Å². The topological polar surface area (TPSA) is 214 Å². The highest BCUT2D eigenvalue weighted by Crippen LogP contribution is 2.41. The molecule has 0 aliphatic carbocycles. The number of nitrogens with two attached hydrogens (primary N) is 2. The molecular weight excluding hydrogens is 428 g/mol. The van der Waals surface area contributed by atoms with Crippen LogP contribution in [0.1, 0.15) is 22.7 Å². The lowest BCUT2D eigenvalue weighted by Gasteiger charge is -2.26. The number of nitrogens with one attached hydrogen (secondary N) is 2. The highest BCUT2D eigenvalue weighted by Gasteiger charge is 2.29. The average Bonchev–Trinajstić information content (AvgIpc) is 2.79. The molecule has 0 fully saturated rings. The molecule has 1 aliphatic rings. The Morgan fingerprint density at radius 2 is 1.97 bits per heavy atom. The second-order valence-corrected chi connectivity index (χ2v) is 6.66. The van der Waals surface area contributed by atoms with Gasteiger partial charge in [0.25, 0.3) is 5.88 Å². The van der Waals surface area contributed by atoms with Crippen LogP contribution in [-0.2, 0) is 0 Å². The molecule has 1 atom stereocenters. The number of aromatic nitrogens is 2. The number of rotatable bonds is 4. The van der Waals surface area contributed by atoms with Crippen LogP contribution in [0.5, 0.6) is 11.6 Å². The van der Waals surface area contributed by atoms with E-state index in [-0.39, 0.29) is 40.4 Å². The summed E-state index contributed by atoms with van der Waals surface area (Å²) >= 11 is 0. The van der Waals surface area contributed by atoms with E-state index in [9.17, 15) is 15.4 Å². The summed E-state index contributed by atoms with van der Waals surface area (Å²) in [4.78, 5) is 23.1. The van der Waals surface area contributed by atoms with Crippen molar-refractivity contribution in [1.29, 1.82) is 10.5 Å². The smallest absolute Gasteiger partial charge is 0.331 e. The molecule has 0 spiro atoms. The molecule has 0 saturated carbocycles. The van der Waals surface area contributed by atoms with E-state index in [0.29, 0.717) is 16.9 Å². The van der Waals surface area contributed by atoms with Gasteiger partial charge in [-0.05, 0) is 23.8 Å². The molecule has 1 aliphatic heterocycles. The third-order valence-corrected chi connectivity index (χ3v) is 4.72. The minimum atomic E-state index is -0.726. The van der Waals surface area contributed by atoms with E-state index >= 15 is 0 Å². The lowest BCUT2D eigenvalue weighted by Crippen LogP contribution is -2.32. The van der Waals surface area contributed by atoms with Gasteiger partial charge in [-0.15, -0.1) is 0 Å². The maximum atomic E-state index is 11.2. The number of ether oxygens (including phenoxy) is 1. The molecule has 1 unspecified atom stereocenters. The number of pyridine rings is 2. The van der Waals surface area contributed by atoms with Gasteiger partial charge in [-0.25, -0.2) is 15.0 Å². The monoisotopic (exact) mass is 442 g/mol. The third kappa shape index (κ3) is 3.85. The van der Waals surface area contributed by atoms with Crippen molar-refractivity contribution in [3.63, 3.8) is 0 Å². The largest absolute Gasteiger partial charge is 0.434 e. The second kappa shape index (κ2) is 8.37. The minimum Gasteiger partial charge on any atom is -0.434 e. The van der Waals surface area contributed by atoms with Gasteiger partial charge in [-0.3, -0.25) is 15.4 Å². The predicted molar refractivity (Wildman–Crippen MR) is 117 cm³/mol. The Hall–Kier alpha value is -5.43. The number of anilines is 3. The molecule has 13 nitrogen and oxygen atoms in total. The van der Waals surface area contributed by atoms with Gasteiger partial charge in [0.1, 0.15) is 35.1 Å². The molecule has 0 bridgehead atoms. The summed E-state index contributed by atoms with van der Waals surface area (Å²) in [5.74, 6) is 0.472. The number of hydrogen-bond acceptors (Lipinski definition) is 12. The Bertz CT molecular complexity index is 1370. The molecule has 2 aromatic heterocycles. The number of hydrogen-bond donors (Lipinski definition) is 4. The number of aliphatic imine (C=N–C) groups is 1. The molecule has 3 aromatic rings. The SMILES string of the molecule is N#CNC1=NC(c2ccc(Oc3ncccc3[N+](=O)[O-])cc2)c2c(nc(N)c(C#N)c2N)N1. The number of nitro groups is 1. The molecule has 1 aromatic carbocycles. The Balaban J connectivity index is 1.73. The maximum Gasteiger partial charge on any atom is 0.331 e. The number of benzene rings is 1. The van der Waals surface area contributed by atoms with Crippen LogP contribution in [0.15, 0.2) is 47.6 Å². The van der Waals surface area contributed by atoms with Crippen molar-refractivity contribution in [2.24, 2.45) is 4.99 Å². The summed E-state index contributed by atoms with van der Waals surface area (Å²) in [6.07, 6.45) is 3.16. The van der Waals surface area contributed by atoms with E-state index in [4.69, 9.17) is 21.5 Å². The summed E-state index contributed by atoms with van der Waals surface area (Å²) in [6.45, 7) is 0. The predicted octanol–water partition coefficient (Wildman–Crippen LogP) is 2.15. The minimum absolute atomic E-state index is 0.0230. The molecule has 0 radical (unpaired) electrons. The van der Waals surface area contributed by atoms with Gasteiger partial charge in [0.2, 0.25) is 5.96 Å². The van der Waals surface area contributed by atoms with Crippen LogP contribution in [0.25, 0.3) is 0 Å². The molecule has 6 N–H and O–H groups in total. The number of guanidine groups is 1. The zero-order valence-electron chi connectivity index (χ0n) is 16.7. The van der Waals surface area contributed by atoms with Crippen molar-refractivity contribution >= 4 is 29.0 Å². The molecule has 0 saturated heterocycles. The van der Waals surface area contributed by atoms with E-state index in [2.05, 4.69) is 25.6 Å². The molecule has 3 heterocycles. The fourth-order valence-corrected chi connectivity index (χ4v) is 3.25. The number of nitriles is 2. The fraction of sp³-hybridized carbons (Fsp3) is 0.0500. The lowest BCUT2D eigenvalue weighted by molar-refractivity contribution is -0.386. The van der Waals surface area contributed by atoms with E-state index in [0.717, 1.165) is 0 Å². The second-order valence-electron chi connectivity index (χ2n) is 6.66. The fourth-order valence-electron chi connectivity index (χ4n) is 3.25. The van der Waals surface area contributed by atoms with Gasteiger partial charge in [-0.1, -0.05) is 12.1 Å². The quantitative estimate of drug-likeness (QED) is 0.199. The normalized spacial score (nSPS) is 14.0.